The van der Waals surface area contributed by atoms with Crippen molar-refractivity contribution in [3.8, 4) is 0 Å². The van der Waals surface area contributed by atoms with Crippen molar-refractivity contribution < 1.29 is 0 Å². The molecule has 0 aromatic heterocycles. The Hall–Kier alpha value is -0.120. The van der Waals surface area contributed by atoms with E-state index in [2.05, 4.69) is 50.0 Å². The number of benzene rings is 1. The van der Waals surface area contributed by atoms with Gasteiger partial charge < -0.3 is 4.44 Å². The van der Waals surface area contributed by atoms with Crippen LogP contribution in [0.15, 0.2) is 24.3 Å². The molecule has 0 aliphatic heterocycles. The Bertz CT molecular complexity index is 261. The largest absolute Gasteiger partial charge is 0.341 e. The lowest BCUT2D eigenvalue weighted by Crippen LogP contribution is -1.96. The van der Waals surface area contributed by atoms with E-state index < -0.39 is 0 Å². The number of rotatable bonds is 4. The van der Waals surface area contributed by atoms with Gasteiger partial charge in [-0.1, -0.05) is 31.5 Å². The van der Waals surface area contributed by atoms with Crippen LogP contribution in [0.2, 0.25) is 0 Å². The van der Waals surface area contributed by atoms with Crippen LogP contribution < -0.4 is 4.44 Å². The molecule has 0 aliphatic rings. The minimum absolute atomic E-state index is 1.17. The molecule has 0 N–H and O–H groups in total. The quantitative estimate of drug-likeness (QED) is 0.693. The lowest BCUT2D eigenvalue weighted by Gasteiger charge is -2.16. The number of nitrogens with zero attached hydrogens (tertiary/aromatic N) is 1. The van der Waals surface area contributed by atoms with Crippen molar-refractivity contribution in [2.45, 2.75) is 26.2 Å². The molecule has 3 heteroatoms. The zero-order valence-electron chi connectivity index (χ0n) is 8.03. The van der Waals surface area contributed by atoms with E-state index in [9.17, 15) is 0 Å². The molecule has 13 heavy (non-hydrogen) atoms. The molecule has 0 aliphatic carbocycles. The number of hydrogen-bond acceptors (Lipinski definition) is 1. The molecule has 0 heterocycles. The Morgan fingerprint density at radius 2 is 1.92 bits per heavy atom. The smallest absolute Gasteiger partial charge is 0.0455 e. The molecular weight excluding hydrogens is 196 g/mol. The summed E-state index contributed by atoms with van der Waals surface area (Å²) in [7, 11) is 5.34. The van der Waals surface area contributed by atoms with Gasteiger partial charge in [0.05, 0.1) is 0 Å². The summed E-state index contributed by atoms with van der Waals surface area (Å²) in [6, 6.07) is 8.52. The molecule has 0 amide bonds. The number of hydrogen-bond donors (Lipinski definition) is 0. The lowest BCUT2D eigenvalue weighted by molar-refractivity contribution is 0.796. The standard InChI is InChI=1S/C10H17NP2/c1-2-3-6-9-7-4-5-8-10(9)11(12)13/h4-5,7-8H,2-3,6,12-13H2,1H3. The van der Waals surface area contributed by atoms with Gasteiger partial charge in [-0.15, -0.1) is 0 Å². The van der Waals surface area contributed by atoms with E-state index in [1.807, 2.05) is 4.44 Å². The van der Waals surface area contributed by atoms with Crippen LogP contribution in [0.25, 0.3) is 0 Å². The van der Waals surface area contributed by atoms with E-state index in [4.69, 9.17) is 0 Å². The lowest BCUT2D eigenvalue weighted by atomic mass is 10.1. The molecule has 2 unspecified atom stereocenters. The van der Waals surface area contributed by atoms with Crippen molar-refractivity contribution in [2.75, 3.05) is 4.44 Å². The van der Waals surface area contributed by atoms with Gasteiger partial charge in [-0.05, 0) is 43.3 Å². The van der Waals surface area contributed by atoms with Gasteiger partial charge >= 0.3 is 0 Å². The van der Waals surface area contributed by atoms with E-state index in [1.165, 1.54) is 30.5 Å². The number of anilines is 1. The Balaban J connectivity index is 2.78. The molecule has 0 spiro atoms. The summed E-state index contributed by atoms with van der Waals surface area (Å²) < 4.78 is 2.02. The molecule has 0 bridgehead atoms. The zero-order chi connectivity index (χ0) is 9.68. The van der Waals surface area contributed by atoms with Gasteiger partial charge in [0.1, 0.15) is 0 Å². The Labute approximate surface area is 85.4 Å². The molecule has 1 aromatic carbocycles. The minimum Gasteiger partial charge on any atom is -0.341 e. The van der Waals surface area contributed by atoms with E-state index in [0.29, 0.717) is 0 Å². The predicted molar refractivity (Wildman–Crippen MR) is 67.0 cm³/mol. The van der Waals surface area contributed by atoms with Crippen LogP contribution in [0.3, 0.4) is 0 Å². The van der Waals surface area contributed by atoms with Crippen molar-refractivity contribution in [3.63, 3.8) is 0 Å². The summed E-state index contributed by atoms with van der Waals surface area (Å²) in [5, 5.41) is 0. The maximum absolute atomic E-state index is 2.67. The Morgan fingerprint density at radius 3 is 2.54 bits per heavy atom. The summed E-state index contributed by atoms with van der Waals surface area (Å²) in [6.07, 6.45) is 3.69. The van der Waals surface area contributed by atoms with E-state index in [0.717, 1.165) is 0 Å². The first-order valence-electron chi connectivity index (χ1n) is 4.63. The van der Waals surface area contributed by atoms with Gasteiger partial charge in [-0.2, -0.15) is 0 Å². The third-order valence-corrected chi connectivity index (χ3v) is 2.63. The molecule has 0 fully saturated rings. The normalized spacial score (nSPS) is 10.1. The molecule has 1 aromatic rings. The predicted octanol–water partition coefficient (Wildman–Crippen LogP) is 3.42. The highest BCUT2D eigenvalue weighted by molar-refractivity contribution is 7.39. The van der Waals surface area contributed by atoms with Crippen LogP contribution in [-0.2, 0) is 6.42 Å². The second kappa shape index (κ2) is 5.58. The third kappa shape index (κ3) is 3.25. The first-order valence-corrected chi connectivity index (χ1v) is 5.66. The van der Waals surface area contributed by atoms with Crippen molar-refractivity contribution in [1.29, 1.82) is 0 Å². The summed E-state index contributed by atoms with van der Waals surface area (Å²) in [5.74, 6) is 0. The molecule has 1 rings (SSSR count). The van der Waals surface area contributed by atoms with Crippen molar-refractivity contribution in [1.82, 2.24) is 0 Å². The first kappa shape index (κ1) is 11.0. The van der Waals surface area contributed by atoms with Gasteiger partial charge in [0, 0.05) is 5.69 Å². The van der Waals surface area contributed by atoms with Gasteiger partial charge in [0.25, 0.3) is 0 Å². The van der Waals surface area contributed by atoms with Crippen LogP contribution in [0, 0.1) is 0 Å². The molecule has 1 nitrogen and oxygen atoms in total. The van der Waals surface area contributed by atoms with Crippen LogP contribution in [0.1, 0.15) is 25.3 Å². The van der Waals surface area contributed by atoms with Crippen molar-refractivity contribution in [2.24, 2.45) is 0 Å². The fraction of sp³-hybridized carbons (Fsp3) is 0.400. The maximum Gasteiger partial charge on any atom is 0.0455 e. The summed E-state index contributed by atoms with van der Waals surface area (Å²) in [6.45, 7) is 2.22. The van der Waals surface area contributed by atoms with Gasteiger partial charge in [0.2, 0.25) is 0 Å². The molecular formula is C10H17NP2. The van der Waals surface area contributed by atoms with Crippen LogP contribution in [0.5, 0.6) is 0 Å². The maximum atomic E-state index is 2.67. The summed E-state index contributed by atoms with van der Waals surface area (Å²) in [4.78, 5) is 0. The molecule has 0 radical (unpaired) electrons. The fourth-order valence-electron chi connectivity index (χ4n) is 1.34. The number of unbranched alkanes of at least 4 members (excludes halogenated alkanes) is 1. The Kier molecular flexibility index (Phi) is 4.70. The SMILES string of the molecule is CCCCc1ccccc1N(P)P. The third-order valence-electron chi connectivity index (χ3n) is 2.07. The average molecular weight is 213 g/mol. The van der Waals surface area contributed by atoms with Crippen LogP contribution in [0.4, 0.5) is 5.69 Å². The highest BCUT2D eigenvalue weighted by Gasteiger charge is 2.01. The Morgan fingerprint density at radius 1 is 1.23 bits per heavy atom. The fourth-order valence-corrected chi connectivity index (χ4v) is 1.85. The molecule has 2 atom stereocenters. The van der Waals surface area contributed by atoms with Gasteiger partial charge in [-0.25, -0.2) is 0 Å². The van der Waals surface area contributed by atoms with E-state index in [-0.39, 0.29) is 0 Å². The second-order valence-corrected chi connectivity index (χ2v) is 4.85. The average Bonchev–Trinajstić information content (AvgIpc) is 2.15. The minimum atomic E-state index is 1.17. The van der Waals surface area contributed by atoms with Crippen molar-refractivity contribution in [3.05, 3.63) is 29.8 Å². The molecule has 0 saturated carbocycles. The monoisotopic (exact) mass is 213 g/mol. The van der Waals surface area contributed by atoms with E-state index >= 15 is 0 Å². The second-order valence-electron chi connectivity index (χ2n) is 3.14. The number of aryl methyl sites for hydroxylation is 1. The van der Waals surface area contributed by atoms with Crippen LogP contribution in [-0.4, -0.2) is 0 Å². The first-order chi connectivity index (χ1) is 6.25. The summed E-state index contributed by atoms with van der Waals surface area (Å²) in [5.41, 5.74) is 2.71. The highest BCUT2D eigenvalue weighted by atomic mass is 31.1. The van der Waals surface area contributed by atoms with Gasteiger partial charge in [0.15, 0.2) is 0 Å². The summed E-state index contributed by atoms with van der Waals surface area (Å²) >= 11 is 0. The van der Waals surface area contributed by atoms with Gasteiger partial charge in [-0.3, -0.25) is 0 Å². The van der Waals surface area contributed by atoms with Crippen LogP contribution >= 0.6 is 18.8 Å². The van der Waals surface area contributed by atoms with Crippen molar-refractivity contribution >= 4 is 24.5 Å². The highest BCUT2D eigenvalue weighted by Crippen LogP contribution is 2.27. The topological polar surface area (TPSA) is 3.24 Å². The molecule has 0 saturated heterocycles. The molecule has 72 valence electrons. The zero-order valence-corrected chi connectivity index (χ0v) is 10.3. The van der Waals surface area contributed by atoms with E-state index in [1.54, 1.807) is 0 Å². The number of para-hydroxylation sites is 1.